The topological polar surface area (TPSA) is 44.8 Å². The van der Waals surface area contributed by atoms with E-state index in [-0.39, 0.29) is 5.97 Å². The lowest BCUT2D eigenvalue weighted by Gasteiger charge is -2.12. The maximum Gasteiger partial charge on any atom is 0.343 e. The molecule has 1 aliphatic rings. The van der Waals surface area contributed by atoms with Crippen molar-refractivity contribution in [3.63, 3.8) is 0 Å². The van der Waals surface area contributed by atoms with Crippen LogP contribution in [0.4, 0.5) is 0 Å². The van der Waals surface area contributed by atoms with Crippen LogP contribution in [0.25, 0.3) is 11.8 Å². The van der Waals surface area contributed by atoms with Crippen molar-refractivity contribution < 1.29 is 19.0 Å². The summed E-state index contributed by atoms with van der Waals surface area (Å²) in [5, 5.41) is 0. The Bertz CT molecular complexity index is 895. The van der Waals surface area contributed by atoms with E-state index in [1.807, 2.05) is 50.2 Å². The minimum atomic E-state index is -0.371. The average Bonchev–Trinajstić information content (AvgIpc) is 2.98. The first-order chi connectivity index (χ1) is 12.5. The van der Waals surface area contributed by atoms with E-state index in [1.54, 1.807) is 19.3 Å². The van der Waals surface area contributed by atoms with Crippen LogP contribution in [0, 0.1) is 6.92 Å². The van der Waals surface area contributed by atoms with Gasteiger partial charge in [-0.3, -0.25) is 0 Å². The largest absolute Gasteiger partial charge is 0.493 e. The molecule has 0 atom stereocenters. The minimum absolute atomic E-state index is 0.371. The molecule has 0 saturated heterocycles. The van der Waals surface area contributed by atoms with Gasteiger partial charge in [-0.2, -0.15) is 0 Å². The molecule has 0 spiro atoms. The fourth-order valence-electron chi connectivity index (χ4n) is 2.64. The van der Waals surface area contributed by atoms with Gasteiger partial charge in [0.15, 0.2) is 11.5 Å². The summed E-state index contributed by atoms with van der Waals surface area (Å²) >= 11 is 3.49. The Morgan fingerprint density at radius 2 is 1.92 bits per heavy atom. The summed E-state index contributed by atoms with van der Waals surface area (Å²) < 4.78 is 17.2. The van der Waals surface area contributed by atoms with Crippen molar-refractivity contribution in [1.82, 2.24) is 0 Å². The highest BCUT2D eigenvalue weighted by atomic mass is 79.9. The number of esters is 1. The van der Waals surface area contributed by atoms with Crippen molar-refractivity contribution in [2.24, 2.45) is 0 Å². The summed E-state index contributed by atoms with van der Waals surface area (Å²) in [4.78, 5) is 12.2. The maximum absolute atomic E-state index is 12.2. The van der Waals surface area contributed by atoms with Gasteiger partial charge in [-0.25, -0.2) is 4.79 Å². The third kappa shape index (κ3) is 3.83. The second-order valence-corrected chi connectivity index (χ2v) is 6.69. The second kappa shape index (κ2) is 7.79. The lowest BCUT2D eigenvalue weighted by molar-refractivity contribution is -0.130. The van der Waals surface area contributed by atoms with Crippen molar-refractivity contribution in [3.8, 4) is 11.5 Å². The van der Waals surface area contributed by atoms with Gasteiger partial charge in [0, 0.05) is 5.56 Å². The van der Waals surface area contributed by atoms with E-state index in [0.717, 1.165) is 21.2 Å². The van der Waals surface area contributed by atoms with Crippen LogP contribution in [0.5, 0.6) is 11.5 Å². The molecule has 26 heavy (non-hydrogen) atoms. The van der Waals surface area contributed by atoms with Crippen molar-refractivity contribution in [2.45, 2.75) is 13.8 Å². The van der Waals surface area contributed by atoms with Gasteiger partial charge in [0.1, 0.15) is 5.76 Å². The van der Waals surface area contributed by atoms with E-state index in [4.69, 9.17) is 14.2 Å². The number of methoxy groups -OCH3 is 1. The van der Waals surface area contributed by atoms with Crippen LogP contribution in [-0.4, -0.2) is 19.7 Å². The zero-order valence-corrected chi connectivity index (χ0v) is 16.4. The molecule has 0 unspecified atom stereocenters. The van der Waals surface area contributed by atoms with E-state index < -0.39 is 0 Å². The van der Waals surface area contributed by atoms with E-state index in [9.17, 15) is 4.79 Å². The van der Waals surface area contributed by atoms with Crippen LogP contribution >= 0.6 is 15.9 Å². The molecule has 1 heterocycles. The Morgan fingerprint density at radius 1 is 1.19 bits per heavy atom. The SMILES string of the molecule is CCOc1c(Br)cc(/C=C2\C=C(c3ccc(C)cc3)OC2=O)cc1OC. The fourth-order valence-corrected chi connectivity index (χ4v) is 3.21. The summed E-state index contributed by atoms with van der Waals surface area (Å²) in [7, 11) is 1.58. The number of benzene rings is 2. The molecule has 2 aromatic carbocycles. The monoisotopic (exact) mass is 414 g/mol. The molecular weight excluding hydrogens is 396 g/mol. The molecule has 134 valence electrons. The number of aryl methyl sites for hydroxylation is 1. The first-order valence-electron chi connectivity index (χ1n) is 8.24. The molecule has 1 aliphatic heterocycles. The summed E-state index contributed by atoms with van der Waals surface area (Å²) in [6.45, 7) is 4.46. The Kier molecular flexibility index (Phi) is 5.47. The number of halogens is 1. The molecule has 2 aromatic rings. The molecule has 0 radical (unpaired) electrons. The molecule has 0 fully saturated rings. The molecule has 0 N–H and O–H groups in total. The smallest absolute Gasteiger partial charge is 0.343 e. The van der Waals surface area contributed by atoms with Gasteiger partial charge in [0.25, 0.3) is 0 Å². The Labute approximate surface area is 161 Å². The minimum Gasteiger partial charge on any atom is -0.493 e. The molecule has 5 heteroatoms. The Morgan fingerprint density at radius 3 is 2.58 bits per heavy atom. The number of carbonyl (C=O) groups excluding carboxylic acids is 1. The summed E-state index contributed by atoms with van der Waals surface area (Å²) in [6.07, 6.45) is 3.52. The molecule has 0 bridgehead atoms. The zero-order chi connectivity index (χ0) is 18.7. The lowest BCUT2D eigenvalue weighted by Crippen LogP contribution is -1.98. The van der Waals surface area contributed by atoms with Crippen LogP contribution in [-0.2, 0) is 9.53 Å². The van der Waals surface area contributed by atoms with Gasteiger partial charge in [-0.15, -0.1) is 0 Å². The average molecular weight is 415 g/mol. The molecule has 3 rings (SSSR count). The Balaban J connectivity index is 1.95. The number of rotatable bonds is 5. The number of hydrogen-bond acceptors (Lipinski definition) is 4. The highest BCUT2D eigenvalue weighted by Gasteiger charge is 2.22. The third-order valence-electron chi connectivity index (χ3n) is 3.92. The van der Waals surface area contributed by atoms with Crippen molar-refractivity contribution >= 4 is 33.7 Å². The second-order valence-electron chi connectivity index (χ2n) is 5.83. The number of carbonyl (C=O) groups is 1. The van der Waals surface area contributed by atoms with Gasteiger partial charge in [0.05, 0.1) is 23.8 Å². The van der Waals surface area contributed by atoms with Crippen LogP contribution in [0.1, 0.15) is 23.6 Å². The predicted molar refractivity (Wildman–Crippen MR) is 105 cm³/mol. The van der Waals surface area contributed by atoms with Gasteiger partial charge in [-0.1, -0.05) is 29.8 Å². The summed E-state index contributed by atoms with van der Waals surface area (Å²) in [6, 6.07) is 11.6. The molecule has 4 nitrogen and oxygen atoms in total. The zero-order valence-electron chi connectivity index (χ0n) is 14.8. The van der Waals surface area contributed by atoms with E-state index in [0.29, 0.717) is 29.4 Å². The summed E-state index contributed by atoms with van der Waals surface area (Å²) in [5.41, 5.74) is 3.32. The van der Waals surface area contributed by atoms with Gasteiger partial charge < -0.3 is 14.2 Å². The first-order valence-corrected chi connectivity index (χ1v) is 9.04. The van der Waals surface area contributed by atoms with E-state index in [2.05, 4.69) is 15.9 Å². The van der Waals surface area contributed by atoms with E-state index in [1.165, 1.54) is 0 Å². The van der Waals surface area contributed by atoms with Crippen molar-refractivity contribution in [1.29, 1.82) is 0 Å². The number of hydrogen-bond donors (Lipinski definition) is 0. The predicted octanol–water partition coefficient (Wildman–Crippen LogP) is 5.15. The van der Waals surface area contributed by atoms with Crippen LogP contribution in [0.3, 0.4) is 0 Å². The normalized spacial score (nSPS) is 15.0. The molecule has 0 amide bonds. The lowest BCUT2D eigenvalue weighted by atomic mass is 10.1. The number of ether oxygens (including phenoxy) is 3. The molecule has 0 aromatic heterocycles. The van der Waals surface area contributed by atoms with Crippen LogP contribution in [0.15, 0.2) is 52.5 Å². The van der Waals surface area contributed by atoms with Crippen LogP contribution in [0.2, 0.25) is 0 Å². The molecule has 0 aliphatic carbocycles. The quantitative estimate of drug-likeness (QED) is 0.501. The van der Waals surface area contributed by atoms with Crippen molar-refractivity contribution in [2.75, 3.05) is 13.7 Å². The number of cyclic esters (lactones) is 1. The first kappa shape index (κ1) is 18.3. The highest BCUT2D eigenvalue weighted by Crippen LogP contribution is 2.38. The van der Waals surface area contributed by atoms with E-state index >= 15 is 0 Å². The third-order valence-corrected chi connectivity index (χ3v) is 4.51. The maximum atomic E-state index is 12.2. The highest BCUT2D eigenvalue weighted by molar-refractivity contribution is 9.10. The molecular formula is C21H19BrO4. The van der Waals surface area contributed by atoms with Gasteiger partial charge in [-0.05, 0) is 59.6 Å². The van der Waals surface area contributed by atoms with Crippen LogP contribution < -0.4 is 9.47 Å². The van der Waals surface area contributed by atoms with Gasteiger partial charge in [0.2, 0.25) is 0 Å². The van der Waals surface area contributed by atoms with Crippen molar-refractivity contribution in [3.05, 3.63) is 69.2 Å². The standard InChI is InChI=1S/C21H19BrO4/c1-4-25-20-17(22)10-14(11-19(20)24-3)9-16-12-18(26-21(16)23)15-7-5-13(2)6-8-15/h5-12H,4H2,1-3H3/b16-9+. The Hall–Kier alpha value is -2.53. The van der Waals surface area contributed by atoms with Gasteiger partial charge >= 0.3 is 5.97 Å². The molecule has 0 saturated carbocycles. The fraction of sp³-hybridized carbons (Fsp3) is 0.190. The summed E-state index contributed by atoms with van der Waals surface area (Å²) in [5.74, 6) is 1.42.